The Bertz CT molecular complexity index is 581. The first kappa shape index (κ1) is 14.8. The zero-order chi connectivity index (χ0) is 14.2. The summed E-state index contributed by atoms with van der Waals surface area (Å²) in [6, 6.07) is 10.5. The van der Waals surface area contributed by atoms with Crippen LogP contribution in [0.4, 0.5) is 0 Å². The second-order valence-corrected chi connectivity index (χ2v) is 7.85. The third kappa shape index (κ3) is 3.10. The molecular weight excluding hydrogens is 318 g/mol. The highest BCUT2D eigenvalue weighted by atomic mass is 79.9. The van der Waals surface area contributed by atoms with Crippen molar-refractivity contribution < 1.29 is 0 Å². The van der Waals surface area contributed by atoms with Gasteiger partial charge in [0.2, 0.25) is 0 Å². The molecule has 1 atom stereocenters. The Labute approximate surface area is 128 Å². The van der Waals surface area contributed by atoms with E-state index >= 15 is 0 Å². The maximum absolute atomic E-state index is 6.43. The van der Waals surface area contributed by atoms with E-state index in [-0.39, 0.29) is 11.5 Å². The van der Waals surface area contributed by atoms with Gasteiger partial charge in [-0.3, -0.25) is 0 Å². The number of benzene rings is 1. The lowest BCUT2D eigenvalue weighted by atomic mass is 9.95. The highest BCUT2D eigenvalue weighted by molar-refractivity contribution is 9.10. The maximum atomic E-state index is 6.43. The van der Waals surface area contributed by atoms with Gasteiger partial charge in [-0.1, -0.05) is 48.8 Å². The van der Waals surface area contributed by atoms with Gasteiger partial charge in [0.05, 0.1) is 6.04 Å². The van der Waals surface area contributed by atoms with Gasteiger partial charge >= 0.3 is 0 Å². The van der Waals surface area contributed by atoms with Crippen LogP contribution >= 0.6 is 27.3 Å². The van der Waals surface area contributed by atoms with Crippen molar-refractivity contribution >= 4 is 27.3 Å². The minimum atomic E-state index is -0.0430. The summed E-state index contributed by atoms with van der Waals surface area (Å²) >= 11 is 5.39. The summed E-state index contributed by atoms with van der Waals surface area (Å²) < 4.78 is 1.12. The van der Waals surface area contributed by atoms with E-state index in [1.54, 1.807) is 0 Å². The van der Waals surface area contributed by atoms with Gasteiger partial charge in [-0.25, -0.2) is 0 Å². The van der Waals surface area contributed by atoms with Crippen molar-refractivity contribution in [3.63, 3.8) is 0 Å². The SMILES string of the molecule is Cc1c(Br)cccc1C(N)c1ccc(C(C)(C)C)s1. The molecule has 0 saturated heterocycles. The first-order valence-corrected chi connectivity index (χ1v) is 8.02. The smallest absolute Gasteiger partial charge is 0.0649 e. The molecule has 1 aromatic carbocycles. The molecule has 0 saturated carbocycles. The van der Waals surface area contributed by atoms with E-state index in [0.717, 1.165) is 4.47 Å². The Kier molecular flexibility index (Phi) is 4.19. The van der Waals surface area contributed by atoms with Crippen molar-refractivity contribution in [1.29, 1.82) is 0 Å². The van der Waals surface area contributed by atoms with Crippen LogP contribution in [0.25, 0.3) is 0 Å². The van der Waals surface area contributed by atoms with Crippen LogP contribution in [0.3, 0.4) is 0 Å². The second kappa shape index (κ2) is 5.39. The van der Waals surface area contributed by atoms with Crippen molar-refractivity contribution in [2.75, 3.05) is 0 Å². The van der Waals surface area contributed by atoms with Gasteiger partial charge in [0.1, 0.15) is 0 Å². The molecule has 0 aliphatic rings. The average molecular weight is 338 g/mol. The van der Waals surface area contributed by atoms with Gasteiger partial charge in [-0.15, -0.1) is 11.3 Å². The summed E-state index contributed by atoms with van der Waals surface area (Å²) in [5, 5.41) is 0. The summed E-state index contributed by atoms with van der Waals surface area (Å²) in [6.45, 7) is 8.81. The summed E-state index contributed by atoms with van der Waals surface area (Å²) in [5.41, 5.74) is 9.04. The molecule has 1 aromatic heterocycles. The molecule has 1 nitrogen and oxygen atoms in total. The quantitative estimate of drug-likeness (QED) is 0.804. The zero-order valence-corrected chi connectivity index (χ0v) is 14.2. The molecule has 1 heterocycles. The lowest BCUT2D eigenvalue weighted by Gasteiger charge is -2.17. The molecule has 19 heavy (non-hydrogen) atoms. The van der Waals surface area contributed by atoms with Gasteiger partial charge in [-0.05, 0) is 41.7 Å². The van der Waals surface area contributed by atoms with Crippen LogP contribution in [0.5, 0.6) is 0 Å². The Balaban J connectivity index is 2.37. The average Bonchev–Trinajstić information content (AvgIpc) is 2.81. The molecule has 0 aliphatic carbocycles. The Hall–Kier alpha value is -0.640. The van der Waals surface area contributed by atoms with Gasteiger partial charge in [-0.2, -0.15) is 0 Å². The van der Waals surface area contributed by atoms with Crippen molar-refractivity contribution in [3.8, 4) is 0 Å². The van der Waals surface area contributed by atoms with E-state index in [1.165, 1.54) is 20.9 Å². The molecule has 0 radical (unpaired) electrons. The van der Waals surface area contributed by atoms with Crippen molar-refractivity contribution in [2.24, 2.45) is 5.73 Å². The van der Waals surface area contributed by atoms with Crippen LogP contribution in [-0.4, -0.2) is 0 Å². The Morgan fingerprint density at radius 3 is 2.42 bits per heavy atom. The largest absolute Gasteiger partial charge is 0.320 e. The van der Waals surface area contributed by atoms with Gasteiger partial charge < -0.3 is 5.73 Å². The summed E-state index contributed by atoms with van der Waals surface area (Å²) in [7, 11) is 0. The van der Waals surface area contributed by atoms with Gasteiger partial charge in [0.15, 0.2) is 0 Å². The molecule has 0 fully saturated rings. The molecule has 2 N–H and O–H groups in total. The monoisotopic (exact) mass is 337 g/mol. The highest BCUT2D eigenvalue weighted by Crippen LogP contribution is 2.35. The molecule has 2 aromatic rings. The number of nitrogens with two attached hydrogens (primary N) is 1. The van der Waals surface area contributed by atoms with Crippen molar-refractivity contribution in [2.45, 2.75) is 39.2 Å². The normalized spacial score (nSPS) is 13.6. The number of hydrogen-bond donors (Lipinski definition) is 1. The molecule has 102 valence electrons. The van der Waals surface area contributed by atoms with Crippen LogP contribution in [0.15, 0.2) is 34.8 Å². The number of hydrogen-bond acceptors (Lipinski definition) is 2. The van der Waals surface area contributed by atoms with Crippen LogP contribution in [-0.2, 0) is 5.41 Å². The van der Waals surface area contributed by atoms with Crippen LogP contribution in [0.2, 0.25) is 0 Å². The molecule has 2 rings (SSSR count). The minimum Gasteiger partial charge on any atom is -0.320 e. The topological polar surface area (TPSA) is 26.0 Å². The zero-order valence-electron chi connectivity index (χ0n) is 11.8. The van der Waals surface area contributed by atoms with E-state index in [1.807, 2.05) is 17.4 Å². The predicted octanol–water partition coefficient (Wildman–Crippen LogP) is 5.16. The summed E-state index contributed by atoms with van der Waals surface area (Å²) in [6.07, 6.45) is 0. The van der Waals surface area contributed by atoms with E-state index in [2.05, 4.69) is 67.9 Å². The molecule has 0 aliphatic heterocycles. The molecule has 0 amide bonds. The van der Waals surface area contributed by atoms with E-state index in [9.17, 15) is 0 Å². The van der Waals surface area contributed by atoms with Crippen molar-refractivity contribution in [3.05, 3.63) is 55.7 Å². The molecule has 0 bridgehead atoms. The van der Waals surface area contributed by atoms with Crippen LogP contribution in [0.1, 0.15) is 47.7 Å². The first-order chi connectivity index (χ1) is 8.80. The lowest BCUT2D eigenvalue weighted by molar-refractivity contribution is 0.604. The van der Waals surface area contributed by atoms with Crippen molar-refractivity contribution in [1.82, 2.24) is 0 Å². The maximum Gasteiger partial charge on any atom is 0.0649 e. The van der Waals surface area contributed by atoms with Gasteiger partial charge in [0.25, 0.3) is 0 Å². The van der Waals surface area contributed by atoms with E-state index in [0.29, 0.717) is 0 Å². The van der Waals surface area contributed by atoms with Crippen LogP contribution in [0, 0.1) is 6.92 Å². The molecular formula is C16H20BrNS. The second-order valence-electron chi connectivity index (χ2n) is 5.88. The predicted molar refractivity (Wildman–Crippen MR) is 87.9 cm³/mol. The highest BCUT2D eigenvalue weighted by Gasteiger charge is 2.20. The number of halogens is 1. The number of thiophene rings is 1. The molecule has 3 heteroatoms. The Morgan fingerprint density at radius 2 is 1.84 bits per heavy atom. The summed E-state index contributed by atoms with van der Waals surface area (Å²) in [5.74, 6) is 0. The third-order valence-corrected chi connectivity index (χ3v) is 5.77. The fourth-order valence-electron chi connectivity index (χ4n) is 2.04. The fourth-order valence-corrected chi connectivity index (χ4v) is 3.51. The van der Waals surface area contributed by atoms with Gasteiger partial charge in [0, 0.05) is 14.2 Å². The lowest BCUT2D eigenvalue weighted by Crippen LogP contribution is -2.12. The number of rotatable bonds is 2. The molecule has 1 unspecified atom stereocenters. The van der Waals surface area contributed by atoms with E-state index < -0.39 is 0 Å². The Morgan fingerprint density at radius 1 is 1.16 bits per heavy atom. The van der Waals surface area contributed by atoms with Crippen LogP contribution < -0.4 is 5.73 Å². The molecule has 0 spiro atoms. The van der Waals surface area contributed by atoms with E-state index in [4.69, 9.17) is 5.73 Å². The fraction of sp³-hybridized carbons (Fsp3) is 0.375. The third-order valence-electron chi connectivity index (χ3n) is 3.32. The summed E-state index contributed by atoms with van der Waals surface area (Å²) in [4.78, 5) is 2.61. The first-order valence-electron chi connectivity index (χ1n) is 6.41. The standard InChI is InChI=1S/C16H20BrNS/c1-10-11(6-5-7-12(10)17)15(18)13-8-9-14(19-13)16(2,3)4/h5-9,15H,18H2,1-4H3. The minimum absolute atomic E-state index is 0.0430.